The lowest BCUT2D eigenvalue weighted by molar-refractivity contribution is 0.669. The van der Waals surface area contributed by atoms with Gasteiger partial charge >= 0.3 is 0 Å². The number of pyridine rings is 1. The molecular weight excluding hydrogens is 769 g/mol. The van der Waals surface area contributed by atoms with Gasteiger partial charge in [0.25, 0.3) is 0 Å². The van der Waals surface area contributed by atoms with Crippen LogP contribution in [0, 0.1) is 0 Å². The van der Waals surface area contributed by atoms with E-state index in [0.717, 1.165) is 99.6 Å². The monoisotopic (exact) mass is 804 g/mol. The second-order valence-electron chi connectivity index (χ2n) is 15.8. The molecule has 0 aliphatic carbocycles. The number of rotatable bonds is 7. The van der Waals surface area contributed by atoms with E-state index < -0.39 is 0 Å². The van der Waals surface area contributed by atoms with Gasteiger partial charge in [0.1, 0.15) is 11.2 Å². The van der Waals surface area contributed by atoms with Crippen molar-refractivity contribution in [1.82, 2.24) is 19.9 Å². The van der Waals surface area contributed by atoms with Crippen LogP contribution in [0.15, 0.2) is 223 Å². The first kappa shape index (κ1) is 36.3. The van der Waals surface area contributed by atoms with E-state index in [1.165, 1.54) is 5.39 Å². The minimum Gasteiger partial charge on any atom is -0.456 e. The van der Waals surface area contributed by atoms with Crippen molar-refractivity contribution in [2.75, 3.05) is 0 Å². The smallest absolute Gasteiger partial charge is 0.164 e. The highest BCUT2D eigenvalue weighted by molar-refractivity contribution is 6.28. The number of fused-ring (bicyclic) bond motifs is 7. The molecule has 0 saturated carbocycles. The van der Waals surface area contributed by atoms with Crippen LogP contribution in [0.5, 0.6) is 0 Å². The van der Waals surface area contributed by atoms with Gasteiger partial charge in [0.2, 0.25) is 0 Å². The fourth-order valence-electron chi connectivity index (χ4n) is 8.76. The molecule has 0 N–H and O–H groups in total. The SMILES string of the molecule is c1ccc(-c2nc(-c3ccccc3)nc(-c3ccc(-c4ccc(-c5ccc(-c6ccc7oc8ccc9c(-c%10ccccc%10)nc%10ccccc%10c9c8c7c6)cc5)cc4)cc3)n2)cc1. The fourth-order valence-corrected chi connectivity index (χ4v) is 8.76. The highest BCUT2D eigenvalue weighted by Gasteiger charge is 2.18. The van der Waals surface area contributed by atoms with E-state index in [-0.39, 0.29) is 0 Å². The van der Waals surface area contributed by atoms with Crippen LogP contribution in [-0.4, -0.2) is 19.9 Å². The van der Waals surface area contributed by atoms with E-state index in [9.17, 15) is 0 Å². The van der Waals surface area contributed by atoms with Gasteiger partial charge in [-0.25, -0.2) is 19.9 Å². The van der Waals surface area contributed by atoms with Crippen molar-refractivity contribution in [2.45, 2.75) is 0 Å². The second kappa shape index (κ2) is 15.2. The molecule has 3 heterocycles. The first-order chi connectivity index (χ1) is 31.2. The average molecular weight is 805 g/mol. The Hall–Kier alpha value is -8.54. The molecule has 63 heavy (non-hydrogen) atoms. The number of benzene rings is 9. The third kappa shape index (κ3) is 6.60. The summed E-state index contributed by atoms with van der Waals surface area (Å²) in [6.07, 6.45) is 0. The number of hydrogen-bond acceptors (Lipinski definition) is 5. The van der Waals surface area contributed by atoms with Crippen LogP contribution in [0.25, 0.3) is 122 Å². The zero-order valence-corrected chi connectivity index (χ0v) is 34.0. The van der Waals surface area contributed by atoms with Gasteiger partial charge in [-0.2, -0.15) is 0 Å². The van der Waals surface area contributed by atoms with Crippen LogP contribution in [0.3, 0.4) is 0 Å². The summed E-state index contributed by atoms with van der Waals surface area (Å²) in [4.78, 5) is 19.8. The van der Waals surface area contributed by atoms with E-state index in [2.05, 4.69) is 152 Å². The molecule has 0 fully saturated rings. The summed E-state index contributed by atoms with van der Waals surface area (Å²) >= 11 is 0. The number of aromatic nitrogens is 4. The molecule has 0 unspecified atom stereocenters. The molecule has 9 aromatic carbocycles. The number of hydrogen-bond donors (Lipinski definition) is 0. The topological polar surface area (TPSA) is 64.7 Å². The molecule has 3 aromatic heterocycles. The summed E-state index contributed by atoms with van der Waals surface area (Å²) in [6, 6.07) is 75.8. The molecule has 12 rings (SSSR count). The van der Waals surface area contributed by atoms with Crippen molar-refractivity contribution in [3.63, 3.8) is 0 Å². The molecule has 0 aliphatic heterocycles. The van der Waals surface area contributed by atoms with Gasteiger partial charge < -0.3 is 4.42 Å². The van der Waals surface area contributed by atoms with Crippen LogP contribution in [-0.2, 0) is 0 Å². The Morgan fingerprint density at radius 1 is 0.254 bits per heavy atom. The molecule has 0 aliphatic rings. The van der Waals surface area contributed by atoms with Crippen LogP contribution >= 0.6 is 0 Å². The van der Waals surface area contributed by atoms with Gasteiger partial charge in [-0.1, -0.05) is 188 Å². The largest absolute Gasteiger partial charge is 0.456 e. The zero-order valence-electron chi connectivity index (χ0n) is 34.0. The van der Waals surface area contributed by atoms with Crippen molar-refractivity contribution in [2.24, 2.45) is 0 Å². The Kier molecular flexibility index (Phi) is 8.75. The molecule has 0 bridgehead atoms. The highest BCUT2D eigenvalue weighted by Crippen LogP contribution is 2.42. The summed E-state index contributed by atoms with van der Waals surface area (Å²) in [5.41, 5.74) is 14.5. The molecule has 0 radical (unpaired) electrons. The standard InChI is InChI=1S/C58H36N4O/c1-4-12-42(13-5-1)55-48-33-35-52-54(53(48)47-18-10-11-19-50(47)59-55)49-36-46(32-34-51(49)63-52)41-26-24-39(25-27-41)37-20-22-38(23-21-37)40-28-30-45(31-29-40)58-61-56(43-14-6-2-7-15-43)60-57(62-58)44-16-8-3-9-17-44/h1-36H. The van der Waals surface area contributed by atoms with E-state index >= 15 is 0 Å². The summed E-state index contributed by atoms with van der Waals surface area (Å²) < 4.78 is 6.50. The molecule has 0 amide bonds. The van der Waals surface area contributed by atoms with E-state index in [1.807, 2.05) is 66.7 Å². The lowest BCUT2D eigenvalue weighted by Crippen LogP contribution is -2.00. The maximum atomic E-state index is 6.50. The predicted octanol–water partition coefficient (Wildman–Crippen LogP) is 15.1. The third-order valence-electron chi connectivity index (χ3n) is 12.0. The maximum Gasteiger partial charge on any atom is 0.164 e. The molecule has 0 atom stereocenters. The highest BCUT2D eigenvalue weighted by atomic mass is 16.3. The minimum absolute atomic E-state index is 0.642. The van der Waals surface area contributed by atoms with Crippen molar-refractivity contribution in [3.05, 3.63) is 218 Å². The molecule has 0 spiro atoms. The summed E-state index contributed by atoms with van der Waals surface area (Å²) in [6.45, 7) is 0. The van der Waals surface area contributed by atoms with Gasteiger partial charge in [-0.15, -0.1) is 0 Å². The maximum absolute atomic E-state index is 6.50. The molecule has 5 nitrogen and oxygen atoms in total. The normalized spacial score (nSPS) is 11.5. The molecule has 12 aromatic rings. The first-order valence-electron chi connectivity index (χ1n) is 21.1. The fraction of sp³-hybridized carbons (Fsp3) is 0. The van der Waals surface area contributed by atoms with Crippen molar-refractivity contribution in [3.8, 4) is 78.8 Å². The Morgan fingerprint density at radius 3 is 1.21 bits per heavy atom. The Balaban J connectivity index is 0.837. The summed E-state index contributed by atoms with van der Waals surface area (Å²) in [5.74, 6) is 1.94. The van der Waals surface area contributed by atoms with Gasteiger partial charge in [0.15, 0.2) is 17.5 Å². The van der Waals surface area contributed by atoms with Crippen LogP contribution in [0.4, 0.5) is 0 Å². The van der Waals surface area contributed by atoms with Crippen molar-refractivity contribution < 1.29 is 4.42 Å². The first-order valence-corrected chi connectivity index (χ1v) is 21.1. The Labute approximate surface area is 363 Å². The third-order valence-corrected chi connectivity index (χ3v) is 12.0. The molecule has 5 heteroatoms. The molecular formula is C58H36N4O. The Morgan fingerprint density at radius 2 is 0.667 bits per heavy atom. The van der Waals surface area contributed by atoms with Crippen LogP contribution < -0.4 is 0 Å². The number of nitrogens with zero attached hydrogens (tertiary/aromatic N) is 4. The van der Waals surface area contributed by atoms with E-state index in [0.29, 0.717) is 17.5 Å². The van der Waals surface area contributed by atoms with Gasteiger partial charge in [-0.05, 0) is 63.7 Å². The van der Waals surface area contributed by atoms with Crippen molar-refractivity contribution >= 4 is 43.6 Å². The zero-order chi connectivity index (χ0) is 41.7. The summed E-state index contributed by atoms with van der Waals surface area (Å²) in [7, 11) is 0. The summed E-state index contributed by atoms with van der Waals surface area (Å²) in [5, 5.41) is 5.61. The molecule has 0 saturated heterocycles. The van der Waals surface area contributed by atoms with E-state index in [1.54, 1.807) is 0 Å². The Bertz CT molecular complexity index is 3570. The lowest BCUT2D eigenvalue weighted by atomic mass is 9.95. The average Bonchev–Trinajstić information content (AvgIpc) is 3.75. The predicted molar refractivity (Wildman–Crippen MR) is 258 cm³/mol. The molecule has 294 valence electrons. The van der Waals surface area contributed by atoms with Gasteiger partial charge in [-0.3, -0.25) is 0 Å². The lowest BCUT2D eigenvalue weighted by Gasteiger charge is -2.11. The number of furan rings is 1. The van der Waals surface area contributed by atoms with Crippen LogP contribution in [0.1, 0.15) is 0 Å². The minimum atomic E-state index is 0.642. The van der Waals surface area contributed by atoms with Gasteiger partial charge in [0, 0.05) is 49.2 Å². The van der Waals surface area contributed by atoms with Crippen molar-refractivity contribution in [1.29, 1.82) is 0 Å². The second-order valence-corrected chi connectivity index (χ2v) is 15.8. The van der Waals surface area contributed by atoms with Gasteiger partial charge in [0.05, 0.1) is 11.2 Å². The van der Waals surface area contributed by atoms with E-state index in [4.69, 9.17) is 24.4 Å². The quantitative estimate of drug-likeness (QED) is 0.150. The number of para-hydroxylation sites is 1. The van der Waals surface area contributed by atoms with Crippen LogP contribution in [0.2, 0.25) is 0 Å².